The molecule has 0 saturated carbocycles. The van der Waals surface area contributed by atoms with Crippen LogP contribution in [0.3, 0.4) is 0 Å². The van der Waals surface area contributed by atoms with Gasteiger partial charge in [-0.3, -0.25) is 0 Å². The molecule has 0 bridgehead atoms. The van der Waals surface area contributed by atoms with Crippen LogP contribution >= 0.6 is 31.9 Å². The predicted molar refractivity (Wildman–Crippen MR) is 93.3 cm³/mol. The summed E-state index contributed by atoms with van der Waals surface area (Å²) < 4.78 is 2.38. The predicted octanol–water partition coefficient (Wildman–Crippen LogP) is 5.15. The molecule has 1 nitrogen and oxygen atoms in total. The lowest BCUT2D eigenvalue weighted by molar-refractivity contribution is 0.592. The minimum Gasteiger partial charge on any atom is -0.316 e. The van der Waals surface area contributed by atoms with Gasteiger partial charge in [0.2, 0.25) is 0 Å². The third kappa shape index (κ3) is 4.18. The van der Waals surface area contributed by atoms with Crippen molar-refractivity contribution in [2.45, 2.75) is 19.3 Å². The van der Waals surface area contributed by atoms with Crippen LogP contribution in [0, 0.1) is 0 Å². The molecule has 0 saturated heterocycles. The number of halogens is 2. The van der Waals surface area contributed by atoms with Gasteiger partial charge in [0.15, 0.2) is 0 Å². The minimum absolute atomic E-state index is 0.462. The van der Waals surface area contributed by atoms with Crippen LogP contribution in [-0.4, -0.2) is 13.1 Å². The summed E-state index contributed by atoms with van der Waals surface area (Å²) in [4.78, 5) is 0. The number of nitrogens with one attached hydrogen (secondary N) is 1. The average molecular weight is 397 g/mol. The van der Waals surface area contributed by atoms with E-state index < -0.39 is 0 Å². The lowest BCUT2D eigenvalue weighted by Gasteiger charge is -2.20. The fourth-order valence-corrected chi connectivity index (χ4v) is 3.40. The van der Waals surface area contributed by atoms with Gasteiger partial charge in [0.1, 0.15) is 0 Å². The second kappa shape index (κ2) is 7.96. The van der Waals surface area contributed by atoms with Crippen LogP contribution in [0.1, 0.15) is 24.0 Å². The van der Waals surface area contributed by atoms with E-state index in [4.69, 9.17) is 0 Å². The van der Waals surface area contributed by atoms with Crippen molar-refractivity contribution in [3.8, 4) is 0 Å². The molecule has 2 aromatic carbocycles. The van der Waals surface area contributed by atoms with Gasteiger partial charge < -0.3 is 5.32 Å². The zero-order valence-corrected chi connectivity index (χ0v) is 14.7. The molecule has 2 aromatic rings. The van der Waals surface area contributed by atoms with Crippen molar-refractivity contribution in [1.29, 1.82) is 0 Å². The van der Waals surface area contributed by atoms with Crippen molar-refractivity contribution in [2.24, 2.45) is 0 Å². The van der Waals surface area contributed by atoms with Crippen molar-refractivity contribution in [1.82, 2.24) is 5.32 Å². The summed E-state index contributed by atoms with van der Waals surface area (Å²) in [6.07, 6.45) is 1.02. The highest BCUT2D eigenvalue weighted by molar-refractivity contribution is 9.10. The second-order valence-corrected chi connectivity index (χ2v) is 6.53. The molecule has 1 atom stereocenters. The molecule has 0 spiro atoms. The molecule has 1 unspecified atom stereocenters. The highest BCUT2D eigenvalue weighted by atomic mass is 79.9. The molecule has 0 amide bonds. The van der Waals surface area contributed by atoms with Gasteiger partial charge in [-0.25, -0.2) is 0 Å². The Balaban J connectivity index is 2.24. The first kappa shape index (κ1) is 15.7. The third-order valence-electron chi connectivity index (χ3n) is 3.41. The molecule has 0 radical (unpaired) electrons. The lowest BCUT2D eigenvalue weighted by atomic mass is 9.92. The molecule has 1 N–H and O–H groups in total. The Bertz CT molecular complexity index is 554. The van der Waals surface area contributed by atoms with Gasteiger partial charge in [-0.2, -0.15) is 0 Å². The lowest BCUT2D eigenvalue weighted by Crippen LogP contribution is -2.23. The van der Waals surface area contributed by atoms with E-state index >= 15 is 0 Å². The van der Waals surface area contributed by atoms with E-state index in [-0.39, 0.29) is 0 Å². The Kier molecular flexibility index (Phi) is 6.27. The third-order valence-corrected chi connectivity index (χ3v) is 4.91. The first-order chi connectivity index (χ1) is 9.72. The van der Waals surface area contributed by atoms with E-state index in [0.29, 0.717) is 5.92 Å². The molecule has 0 fully saturated rings. The van der Waals surface area contributed by atoms with Gasteiger partial charge in [-0.05, 0) is 36.2 Å². The van der Waals surface area contributed by atoms with Crippen LogP contribution in [0.15, 0.2) is 57.5 Å². The summed E-state index contributed by atoms with van der Waals surface area (Å²) >= 11 is 7.33. The summed E-state index contributed by atoms with van der Waals surface area (Å²) in [7, 11) is 0. The minimum atomic E-state index is 0.462. The van der Waals surface area contributed by atoms with E-state index in [1.807, 2.05) is 0 Å². The molecule has 0 aliphatic heterocycles. The number of rotatable bonds is 6. The number of hydrogen-bond acceptors (Lipinski definition) is 1. The molecular weight excluding hydrogens is 378 g/mol. The highest BCUT2D eigenvalue weighted by Crippen LogP contribution is 2.29. The molecule has 20 heavy (non-hydrogen) atoms. The fraction of sp³-hybridized carbons (Fsp3) is 0.294. The number of hydrogen-bond donors (Lipinski definition) is 1. The summed E-state index contributed by atoms with van der Waals surface area (Å²) in [6.45, 7) is 4.13. The second-order valence-electron chi connectivity index (χ2n) is 4.82. The van der Waals surface area contributed by atoms with Crippen molar-refractivity contribution in [2.75, 3.05) is 13.1 Å². The smallest absolute Gasteiger partial charge is 0.0210 e. The van der Waals surface area contributed by atoms with E-state index in [2.05, 4.69) is 92.6 Å². The van der Waals surface area contributed by atoms with Crippen LogP contribution in [0.4, 0.5) is 0 Å². The van der Waals surface area contributed by atoms with Crippen LogP contribution in [0.25, 0.3) is 0 Å². The van der Waals surface area contributed by atoms with Gasteiger partial charge in [-0.1, -0.05) is 75.2 Å². The largest absolute Gasteiger partial charge is 0.316 e. The molecule has 3 heteroatoms. The standard InChI is InChI=1S/C17H19Br2N/c1-2-20-12-14(15-8-4-6-10-17(15)19)11-13-7-3-5-9-16(13)18/h3-10,14,20H,2,11-12H2,1H3. The van der Waals surface area contributed by atoms with Gasteiger partial charge in [0.05, 0.1) is 0 Å². The monoisotopic (exact) mass is 395 g/mol. The van der Waals surface area contributed by atoms with Crippen LogP contribution in [0.5, 0.6) is 0 Å². The Morgan fingerprint density at radius 2 is 1.60 bits per heavy atom. The number of likely N-dealkylation sites (N-methyl/N-ethyl adjacent to an activating group) is 1. The number of benzene rings is 2. The van der Waals surface area contributed by atoms with E-state index in [0.717, 1.165) is 19.5 Å². The molecule has 0 aliphatic rings. The fourth-order valence-electron chi connectivity index (χ4n) is 2.35. The molecule has 0 aliphatic carbocycles. The van der Waals surface area contributed by atoms with Crippen LogP contribution in [-0.2, 0) is 6.42 Å². The maximum absolute atomic E-state index is 3.68. The van der Waals surface area contributed by atoms with E-state index in [1.54, 1.807) is 0 Å². The highest BCUT2D eigenvalue weighted by Gasteiger charge is 2.15. The van der Waals surface area contributed by atoms with Gasteiger partial charge >= 0.3 is 0 Å². The zero-order valence-electron chi connectivity index (χ0n) is 11.6. The van der Waals surface area contributed by atoms with Crippen molar-refractivity contribution in [3.05, 3.63) is 68.6 Å². The summed E-state index contributed by atoms with van der Waals surface area (Å²) in [5.74, 6) is 0.462. The van der Waals surface area contributed by atoms with Crippen LogP contribution in [0.2, 0.25) is 0 Å². The summed E-state index contributed by atoms with van der Waals surface area (Å²) in [6, 6.07) is 17.0. The molecule has 106 valence electrons. The quantitative estimate of drug-likeness (QED) is 0.711. The van der Waals surface area contributed by atoms with Gasteiger partial charge in [0, 0.05) is 21.4 Å². The molecule has 0 aromatic heterocycles. The molecule has 2 rings (SSSR count). The van der Waals surface area contributed by atoms with Crippen LogP contribution < -0.4 is 5.32 Å². The van der Waals surface area contributed by atoms with Crippen molar-refractivity contribution in [3.63, 3.8) is 0 Å². The first-order valence-corrected chi connectivity index (χ1v) is 8.49. The summed E-state index contributed by atoms with van der Waals surface area (Å²) in [5, 5.41) is 3.48. The molecule has 0 heterocycles. The SMILES string of the molecule is CCNCC(Cc1ccccc1Br)c1ccccc1Br. The summed E-state index contributed by atoms with van der Waals surface area (Å²) in [5.41, 5.74) is 2.72. The van der Waals surface area contributed by atoms with Crippen molar-refractivity contribution >= 4 is 31.9 Å². The van der Waals surface area contributed by atoms with Gasteiger partial charge in [-0.15, -0.1) is 0 Å². The normalized spacial score (nSPS) is 12.3. The topological polar surface area (TPSA) is 12.0 Å². The van der Waals surface area contributed by atoms with E-state index in [1.165, 1.54) is 20.1 Å². The maximum Gasteiger partial charge on any atom is 0.0210 e. The van der Waals surface area contributed by atoms with E-state index in [9.17, 15) is 0 Å². The zero-order chi connectivity index (χ0) is 14.4. The Morgan fingerprint density at radius 1 is 0.950 bits per heavy atom. The Morgan fingerprint density at radius 3 is 2.25 bits per heavy atom. The Hall–Kier alpha value is -0.640. The maximum atomic E-state index is 3.68. The van der Waals surface area contributed by atoms with Crippen molar-refractivity contribution < 1.29 is 0 Å². The average Bonchev–Trinajstić information content (AvgIpc) is 2.46. The first-order valence-electron chi connectivity index (χ1n) is 6.91. The molecular formula is C17H19Br2N. The Labute approximate surface area is 138 Å². The van der Waals surface area contributed by atoms with Gasteiger partial charge in [0.25, 0.3) is 0 Å².